The van der Waals surface area contributed by atoms with E-state index in [2.05, 4.69) is 46.9 Å². The summed E-state index contributed by atoms with van der Waals surface area (Å²) < 4.78 is 8.51. The Morgan fingerprint density at radius 2 is 2.04 bits per heavy atom. The lowest BCUT2D eigenvalue weighted by Gasteiger charge is -2.23. The van der Waals surface area contributed by atoms with Gasteiger partial charge in [-0.2, -0.15) is 5.10 Å². The molecule has 27 heavy (non-hydrogen) atoms. The predicted molar refractivity (Wildman–Crippen MR) is 109 cm³/mol. The molecule has 0 saturated heterocycles. The molecule has 1 aromatic carbocycles. The topological polar surface area (TPSA) is 69.4 Å². The maximum Gasteiger partial charge on any atom is 0.241 e. The van der Waals surface area contributed by atoms with E-state index in [1.54, 1.807) is 36.5 Å². The third-order valence-electron chi connectivity index (χ3n) is 3.78. The van der Waals surface area contributed by atoms with Gasteiger partial charge in [0.2, 0.25) is 5.90 Å². The zero-order chi connectivity index (χ0) is 19.1. The Balaban J connectivity index is 1.91. The molecule has 1 aliphatic heterocycles. The lowest BCUT2D eigenvalue weighted by atomic mass is 10.1. The van der Waals surface area contributed by atoms with Gasteiger partial charge >= 0.3 is 0 Å². The Morgan fingerprint density at radius 3 is 2.78 bits per heavy atom. The first kappa shape index (κ1) is 18.6. The van der Waals surface area contributed by atoms with Crippen LogP contribution in [0, 0.1) is 0 Å². The normalized spacial score (nSPS) is 15.7. The number of carbonyl (C=O) groups excluding carboxylic acids is 1. The summed E-state index contributed by atoms with van der Waals surface area (Å²) in [6, 6.07) is 8.50. The van der Waals surface area contributed by atoms with Crippen LogP contribution in [0.25, 0.3) is 5.82 Å². The SMILES string of the molecule is O=CC1OC(c2cc(Br)nn2-c2ncccc2Cl)=Nc2c(Br)cc(Cl)cc21. The van der Waals surface area contributed by atoms with Gasteiger partial charge in [-0.25, -0.2) is 14.7 Å². The molecule has 0 fully saturated rings. The maximum atomic E-state index is 11.6. The second kappa shape index (κ2) is 7.35. The Bertz CT molecular complexity index is 1100. The van der Waals surface area contributed by atoms with Crippen molar-refractivity contribution in [1.82, 2.24) is 14.8 Å². The minimum Gasteiger partial charge on any atom is -0.460 e. The molecule has 136 valence electrons. The highest BCUT2D eigenvalue weighted by Crippen LogP contribution is 2.41. The zero-order valence-electron chi connectivity index (χ0n) is 13.2. The summed E-state index contributed by atoms with van der Waals surface area (Å²) in [5, 5.41) is 5.25. The van der Waals surface area contributed by atoms with Crippen LogP contribution >= 0.6 is 55.1 Å². The molecule has 6 nitrogen and oxygen atoms in total. The largest absolute Gasteiger partial charge is 0.460 e. The predicted octanol–water partition coefficient (Wildman–Crippen LogP) is 5.45. The van der Waals surface area contributed by atoms with Crippen LogP contribution in [0.4, 0.5) is 5.69 Å². The van der Waals surface area contributed by atoms with Gasteiger partial charge in [-0.1, -0.05) is 23.2 Å². The van der Waals surface area contributed by atoms with Crippen LogP contribution in [-0.2, 0) is 9.53 Å². The van der Waals surface area contributed by atoms with Crippen LogP contribution in [0.1, 0.15) is 17.4 Å². The molecule has 0 spiro atoms. The quantitative estimate of drug-likeness (QED) is 0.422. The number of benzene rings is 1. The Hall–Kier alpha value is -1.74. The average Bonchev–Trinajstić information content (AvgIpc) is 3.03. The fourth-order valence-corrected chi connectivity index (χ4v) is 4.15. The fourth-order valence-electron chi connectivity index (χ4n) is 2.65. The maximum absolute atomic E-state index is 11.6. The lowest BCUT2D eigenvalue weighted by molar-refractivity contribution is -0.114. The number of halogens is 4. The van der Waals surface area contributed by atoms with Crippen molar-refractivity contribution in [3.63, 3.8) is 0 Å². The number of carbonyl (C=O) groups is 1. The summed E-state index contributed by atoms with van der Waals surface area (Å²) in [7, 11) is 0. The highest BCUT2D eigenvalue weighted by atomic mass is 79.9. The van der Waals surface area contributed by atoms with Gasteiger partial charge in [-0.05, 0) is 56.1 Å². The molecule has 10 heteroatoms. The molecule has 1 atom stereocenters. The van der Waals surface area contributed by atoms with Gasteiger partial charge in [0.25, 0.3) is 0 Å². The van der Waals surface area contributed by atoms with Crippen LogP contribution in [-0.4, -0.2) is 26.9 Å². The van der Waals surface area contributed by atoms with Crippen molar-refractivity contribution in [1.29, 1.82) is 0 Å². The summed E-state index contributed by atoms with van der Waals surface area (Å²) >= 11 is 19.1. The number of rotatable bonds is 3. The van der Waals surface area contributed by atoms with Crippen LogP contribution in [0.3, 0.4) is 0 Å². The molecule has 0 radical (unpaired) electrons. The molecule has 2 aromatic heterocycles. The number of aliphatic imine (C=N–C) groups is 1. The number of pyridine rings is 1. The number of nitrogens with zero attached hydrogens (tertiary/aromatic N) is 4. The molecular weight excluding hydrogens is 523 g/mol. The summed E-state index contributed by atoms with van der Waals surface area (Å²) in [5.41, 5.74) is 1.63. The van der Waals surface area contributed by atoms with Crippen molar-refractivity contribution >= 4 is 72.9 Å². The van der Waals surface area contributed by atoms with Gasteiger partial charge in [0.1, 0.15) is 10.3 Å². The van der Waals surface area contributed by atoms with Gasteiger partial charge < -0.3 is 4.74 Å². The monoisotopic (exact) mass is 528 g/mol. The highest BCUT2D eigenvalue weighted by molar-refractivity contribution is 9.10. The van der Waals surface area contributed by atoms with E-state index in [4.69, 9.17) is 27.9 Å². The van der Waals surface area contributed by atoms with Crippen molar-refractivity contribution < 1.29 is 9.53 Å². The lowest BCUT2D eigenvalue weighted by Crippen LogP contribution is -2.21. The van der Waals surface area contributed by atoms with E-state index >= 15 is 0 Å². The highest BCUT2D eigenvalue weighted by Gasteiger charge is 2.29. The number of fused-ring (bicyclic) bond motifs is 1. The van der Waals surface area contributed by atoms with Crippen LogP contribution in [0.5, 0.6) is 0 Å². The van der Waals surface area contributed by atoms with Gasteiger partial charge in [-0.3, -0.25) is 4.79 Å². The molecular formula is C17H8Br2Cl2N4O2. The summed E-state index contributed by atoms with van der Waals surface area (Å²) in [4.78, 5) is 20.5. The number of aromatic nitrogens is 3. The Labute approximate surface area is 180 Å². The van der Waals surface area contributed by atoms with E-state index in [1.807, 2.05) is 0 Å². The number of ether oxygens (including phenoxy) is 1. The van der Waals surface area contributed by atoms with Crippen molar-refractivity contribution in [3.05, 3.63) is 66.9 Å². The molecule has 0 N–H and O–H groups in total. The van der Waals surface area contributed by atoms with Gasteiger partial charge in [0.05, 0.1) is 10.7 Å². The average molecular weight is 531 g/mol. The van der Waals surface area contributed by atoms with E-state index in [-0.39, 0.29) is 5.90 Å². The summed E-state index contributed by atoms with van der Waals surface area (Å²) in [5.74, 6) is 0.623. The van der Waals surface area contributed by atoms with Crippen LogP contribution in [0.2, 0.25) is 10.0 Å². The third kappa shape index (κ3) is 3.42. The van der Waals surface area contributed by atoms with Crippen LogP contribution in [0.15, 0.2) is 50.6 Å². The summed E-state index contributed by atoms with van der Waals surface area (Å²) in [6.45, 7) is 0. The van der Waals surface area contributed by atoms with E-state index in [0.29, 0.717) is 48.2 Å². The van der Waals surface area contributed by atoms with Crippen molar-refractivity contribution in [3.8, 4) is 5.82 Å². The molecule has 0 amide bonds. The smallest absolute Gasteiger partial charge is 0.241 e. The first-order valence-corrected chi connectivity index (χ1v) is 9.88. The molecule has 0 bridgehead atoms. The molecule has 0 saturated carbocycles. The van der Waals surface area contributed by atoms with Crippen molar-refractivity contribution in [2.24, 2.45) is 4.99 Å². The van der Waals surface area contributed by atoms with E-state index in [0.717, 1.165) is 0 Å². The van der Waals surface area contributed by atoms with Crippen molar-refractivity contribution in [2.45, 2.75) is 6.10 Å². The number of hydrogen-bond donors (Lipinski definition) is 0. The van der Waals surface area contributed by atoms with Crippen LogP contribution < -0.4 is 0 Å². The third-order valence-corrected chi connectivity index (χ3v) is 5.28. The second-order valence-corrected chi connectivity index (χ2v) is 8.00. The molecule has 4 rings (SSSR count). The molecule has 1 aliphatic rings. The van der Waals surface area contributed by atoms with E-state index in [1.165, 1.54) is 4.68 Å². The van der Waals surface area contributed by atoms with Crippen molar-refractivity contribution in [2.75, 3.05) is 0 Å². The zero-order valence-corrected chi connectivity index (χ0v) is 17.9. The Morgan fingerprint density at radius 1 is 1.22 bits per heavy atom. The standard InChI is InChI=1S/C17H8Br2Cl2N4O2/c18-10-5-8(20)4-9-13(7-26)27-17(23-15(9)10)12-6-14(19)24-25(12)16-11(21)2-1-3-22-16/h1-7,13H. The second-order valence-electron chi connectivity index (χ2n) is 5.49. The number of aldehydes is 1. The summed E-state index contributed by atoms with van der Waals surface area (Å²) in [6.07, 6.45) is 1.44. The first-order valence-electron chi connectivity index (χ1n) is 7.54. The molecule has 3 aromatic rings. The molecule has 3 heterocycles. The fraction of sp³-hybridized carbons (Fsp3) is 0.0588. The molecule has 1 unspecified atom stereocenters. The van der Waals surface area contributed by atoms with Gasteiger partial charge in [0.15, 0.2) is 18.2 Å². The number of hydrogen-bond acceptors (Lipinski definition) is 5. The minimum absolute atomic E-state index is 0.211. The van der Waals surface area contributed by atoms with Gasteiger partial charge in [-0.15, -0.1) is 0 Å². The van der Waals surface area contributed by atoms with E-state index < -0.39 is 6.10 Å². The van der Waals surface area contributed by atoms with E-state index in [9.17, 15) is 4.79 Å². The van der Waals surface area contributed by atoms with Gasteiger partial charge in [0, 0.05) is 27.3 Å². The minimum atomic E-state index is -0.858. The molecule has 0 aliphatic carbocycles. The first-order chi connectivity index (χ1) is 13.0. The Kier molecular flexibility index (Phi) is 5.07.